The van der Waals surface area contributed by atoms with Gasteiger partial charge in [0.25, 0.3) is 0 Å². The highest BCUT2D eigenvalue weighted by Gasteiger charge is 2.52. The molecule has 0 aromatic carbocycles. The fourth-order valence-electron chi connectivity index (χ4n) is 3.41. The van der Waals surface area contributed by atoms with E-state index in [0.717, 1.165) is 19.7 Å². The number of piperazine rings is 1. The predicted octanol–water partition coefficient (Wildman–Crippen LogP) is 1.87. The zero-order chi connectivity index (χ0) is 12.7. The van der Waals surface area contributed by atoms with Gasteiger partial charge in [0.05, 0.1) is 6.10 Å². The number of rotatable bonds is 3. The van der Waals surface area contributed by atoms with Crippen LogP contribution in [-0.4, -0.2) is 48.8 Å². The van der Waals surface area contributed by atoms with Crippen molar-refractivity contribution < 1.29 is 4.74 Å². The van der Waals surface area contributed by atoms with E-state index in [4.69, 9.17) is 4.74 Å². The van der Waals surface area contributed by atoms with Crippen molar-refractivity contribution in [2.75, 3.05) is 26.2 Å². The highest BCUT2D eigenvalue weighted by molar-refractivity contribution is 5.06. The van der Waals surface area contributed by atoms with Crippen LogP contribution in [0, 0.1) is 5.41 Å². The molecule has 1 saturated carbocycles. The molecule has 0 aromatic rings. The van der Waals surface area contributed by atoms with Crippen LogP contribution in [0.1, 0.15) is 41.0 Å². The molecule has 0 spiro atoms. The summed E-state index contributed by atoms with van der Waals surface area (Å²) >= 11 is 0. The topological polar surface area (TPSA) is 24.5 Å². The number of hydrogen-bond donors (Lipinski definition) is 1. The Kier molecular flexibility index (Phi) is 3.54. The maximum absolute atomic E-state index is 5.82. The Labute approximate surface area is 106 Å². The van der Waals surface area contributed by atoms with Crippen molar-refractivity contribution in [2.45, 2.75) is 58.7 Å². The maximum atomic E-state index is 5.82. The van der Waals surface area contributed by atoms with Crippen molar-refractivity contribution in [3.63, 3.8) is 0 Å². The summed E-state index contributed by atoms with van der Waals surface area (Å²) in [6.07, 6.45) is 1.66. The van der Waals surface area contributed by atoms with Crippen LogP contribution in [0.3, 0.4) is 0 Å². The normalized spacial score (nSPS) is 36.5. The fourth-order valence-corrected chi connectivity index (χ4v) is 3.41. The molecule has 0 bridgehead atoms. The number of ether oxygens (including phenoxy) is 1. The lowest BCUT2D eigenvalue weighted by atomic mass is 9.63. The molecule has 1 saturated heterocycles. The van der Waals surface area contributed by atoms with E-state index in [1.54, 1.807) is 0 Å². The van der Waals surface area contributed by atoms with Gasteiger partial charge in [-0.15, -0.1) is 0 Å². The van der Waals surface area contributed by atoms with Gasteiger partial charge in [0.1, 0.15) is 0 Å². The van der Waals surface area contributed by atoms with Crippen LogP contribution in [-0.2, 0) is 4.74 Å². The molecule has 0 amide bonds. The van der Waals surface area contributed by atoms with Crippen molar-refractivity contribution >= 4 is 0 Å². The summed E-state index contributed by atoms with van der Waals surface area (Å²) < 4.78 is 5.82. The Bertz CT molecular complexity index is 275. The lowest BCUT2D eigenvalue weighted by Gasteiger charge is -2.58. The molecule has 0 aromatic heterocycles. The van der Waals surface area contributed by atoms with Crippen molar-refractivity contribution in [3.8, 4) is 0 Å². The van der Waals surface area contributed by atoms with Gasteiger partial charge in [0, 0.05) is 43.2 Å². The summed E-state index contributed by atoms with van der Waals surface area (Å²) in [5.41, 5.74) is 0.564. The Balaban J connectivity index is 1.96. The van der Waals surface area contributed by atoms with Gasteiger partial charge < -0.3 is 10.1 Å². The fraction of sp³-hybridized carbons (Fsp3) is 1.00. The van der Waals surface area contributed by atoms with Gasteiger partial charge in [-0.2, -0.15) is 0 Å². The Morgan fingerprint density at radius 1 is 1.29 bits per heavy atom. The van der Waals surface area contributed by atoms with Gasteiger partial charge in [0.15, 0.2) is 0 Å². The first-order chi connectivity index (χ1) is 7.87. The molecule has 2 rings (SSSR count). The van der Waals surface area contributed by atoms with E-state index in [1.165, 1.54) is 13.0 Å². The molecule has 17 heavy (non-hydrogen) atoms. The van der Waals surface area contributed by atoms with E-state index in [9.17, 15) is 0 Å². The monoisotopic (exact) mass is 240 g/mol. The Hall–Kier alpha value is -0.120. The van der Waals surface area contributed by atoms with Gasteiger partial charge in [-0.05, 0) is 27.2 Å². The average molecular weight is 240 g/mol. The van der Waals surface area contributed by atoms with Crippen LogP contribution in [0.5, 0.6) is 0 Å². The van der Waals surface area contributed by atoms with Crippen LogP contribution >= 0.6 is 0 Å². The van der Waals surface area contributed by atoms with E-state index in [0.29, 0.717) is 17.6 Å². The molecule has 2 fully saturated rings. The van der Waals surface area contributed by atoms with Crippen molar-refractivity contribution in [1.82, 2.24) is 10.2 Å². The predicted molar refractivity (Wildman–Crippen MR) is 71.3 cm³/mol. The van der Waals surface area contributed by atoms with E-state index in [-0.39, 0.29) is 5.54 Å². The van der Waals surface area contributed by atoms with Gasteiger partial charge >= 0.3 is 0 Å². The zero-order valence-electron chi connectivity index (χ0n) is 12.0. The van der Waals surface area contributed by atoms with Gasteiger partial charge in [-0.3, -0.25) is 4.90 Å². The number of nitrogens with zero attached hydrogens (tertiary/aromatic N) is 1. The van der Waals surface area contributed by atoms with Crippen molar-refractivity contribution in [3.05, 3.63) is 0 Å². The molecule has 100 valence electrons. The lowest BCUT2D eigenvalue weighted by Crippen LogP contribution is -2.68. The minimum atomic E-state index is 0.255. The summed E-state index contributed by atoms with van der Waals surface area (Å²) in [6, 6.07) is 0.695. The lowest BCUT2D eigenvalue weighted by molar-refractivity contribution is -0.156. The minimum absolute atomic E-state index is 0.255. The molecule has 2 atom stereocenters. The van der Waals surface area contributed by atoms with Gasteiger partial charge in [-0.25, -0.2) is 0 Å². The van der Waals surface area contributed by atoms with Crippen molar-refractivity contribution in [1.29, 1.82) is 0 Å². The van der Waals surface area contributed by atoms with Crippen LogP contribution < -0.4 is 5.32 Å². The molecule has 0 radical (unpaired) electrons. The summed E-state index contributed by atoms with van der Waals surface area (Å²) in [5, 5.41) is 3.58. The first kappa shape index (κ1) is 13.3. The van der Waals surface area contributed by atoms with Crippen molar-refractivity contribution in [2.24, 2.45) is 5.41 Å². The standard InChI is InChI=1S/C14H28N2O/c1-6-17-12-9-11(14(12,4)5)16-8-7-15-13(2,3)10-16/h11-12,15H,6-10H2,1-5H3. The SMILES string of the molecule is CCOC1CC(N2CCNC(C)(C)C2)C1(C)C. The third-order valence-electron chi connectivity index (χ3n) is 4.54. The first-order valence-corrected chi connectivity index (χ1v) is 6.97. The van der Waals surface area contributed by atoms with Crippen LogP contribution in [0.4, 0.5) is 0 Å². The van der Waals surface area contributed by atoms with E-state index >= 15 is 0 Å². The van der Waals surface area contributed by atoms with Crippen LogP contribution in [0.25, 0.3) is 0 Å². The quantitative estimate of drug-likeness (QED) is 0.815. The third kappa shape index (κ3) is 2.51. The summed E-state index contributed by atoms with van der Waals surface area (Å²) in [4.78, 5) is 2.66. The Morgan fingerprint density at radius 3 is 2.53 bits per heavy atom. The number of hydrogen-bond acceptors (Lipinski definition) is 3. The van der Waals surface area contributed by atoms with Gasteiger partial charge in [0.2, 0.25) is 0 Å². The molecular weight excluding hydrogens is 212 g/mol. The second-order valence-electron chi connectivity index (χ2n) is 6.80. The Morgan fingerprint density at radius 2 is 2.00 bits per heavy atom. The minimum Gasteiger partial charge on any atom is -0.378 e. The second-order valence-corrected chi connectivity index (χ2v) is 6.80. The molecule has 3 heteroatoms. The molecule has 1 aliphatic carbocycles. The molecule has 1 aliphatic heterocycles. The summed E-state index contributed by atoms with van der Waals surface area (Å²) in [7, 11) is 0. The van der Waals surface area contributed by atoms with Crippen LogP contribution in [0.15, 0.2) is 0 Å². The highest BCUT2D eigenvalue weighted by Crippen LogP contribution is 2.46. The summed E-state index contributed by atoms with van der Waals surface area (Å²) in [6.45, 7) is 15.7. The zero-order valence-corrected chi connectivity index (χ0v) is 12.0. The molecule has 1 heterocycles. The summed E-state index contributed by atoms with van der Waals surface area (Å²) in [5.74, 6) is 0. The average Bonchev–Trinajstić information content (AvgIpc) is 2.22. The molecule has 2 aliphatic rings. The molecular formula is C14H28N2O. The smallest absolute Gasteiger partial charge is 0.0655 e. The largest absolute Gasteiger partial charge is 0.378 e. The van der Waals surface area contributed by atoms with Crippen LogP contribution in [0.2, 0.25) is 0 Å². The number of nitrogens with one attached hydrogen (secondary N) is 1. The second kappa shape index (κ2) is 4.52. The molecule has 1 N–H and O–H groups in total. The highest BCUT2D eigenvalue weighted by atomic mass is 16.5. The maximum Gasteiger partial charge on any atom is 0.0655 e. The van der Waals surface area contributed by atoms with E-state index in [1.807, 2.05) is 0 Å². The first-order valence-electron chi connectivity index (χ1n) is 6.97. The van der Waals surface area contributed by atoms with Gasteiger partial charge in [-0.1, -0.05) is 13.8 Å². The molecule has 3 nitrogen and oxygen atoms in total. The third-order valence-corrected chi connectivity index (χ3v) is 4.54. The molecule has 2 unspecified atom stereocenters. The van der Waals surface area contributed by atoms with E-state index in [2.05, 4.69) is 44.8 Å². The van der Waals surface area contributed by atoms with E-state index < -0.39 is 0 Å².